The van der Waals surface area contributed by atoms with Gasteiger partial charge in [-0.25, -0.2) is 0 Å². The Morgan fingerprint density at radius 1 is 1.07 bits per heavy atom. The molecule has 2 aromatic rings. The molecule has 0 aliphatic heterocycles. The van der Waals surface area contributed by atoms with E-state index in [2.05, 4.69) is 11.7 Å². The minimum absolute atomic E-state index is 0.138. The second-order valence-electron chi connectivity index (χ2n) is 5.73. The third-order valence-electron chi connectivity index (χ3n) is 3.81. The minimum Gasteiger partial charge on any atom is -0.350 e. The van der Waals surface area contributed by atoms with Crippen molar-refractivity contribution in [3.05, 3.63) is 87.0 Å². The Kier molecular flexibility index (Phi) is 7.18. The Morgan fingerprint density at radius 3 is 2.44 bits per heavy atom. The topological polar surface area (TPSA) is 108 Å². The number of oxime groups is 1. The van der Waals surface area contributed by atoms with Gasteiger partial charge in [0.25, 0.3) is 5.69 Å². The summed E-state index contributed by atoms with van der Waals surface area (Å²) < 4.78 is 0. The van der Waals surface area contributed by atoms with Gasteiger partial charge in [-0.05, 0) is 37.3 Å². The van der Waals surface area contributed by atoms with Crippen molar-refractivity contribution in [1.82, 2.24) is 0 Å². The van der Waals surface area contributed by atoms with Crippen molar-refractivity contribution in [2.75, 3.05) is 0 Å². The van der Waals surface area contributed by atoms with Crippen LogP contribution in [0.2, 0.25) is 0 Å². The minimum atomic E-state index is -0.731. The van der Waals surface area contributed by atoms with Crippen molar-refractivity contribution < 1.29 is 14.7 Å². The molecular formula is C19H19N3O5. The zero-order valence-corrected chi connectivity index (χ0v) is 14.6. The van der Waals surface area contributed by atoms with Crippen LogP contribution in [0.4, 0.5) is 11.4 Å². The maximum Gasteiger partial charge on any atom is 0.321 e. The van der Waals surface area contributed by atoms with Gasteiger partial charge in [-0.15, -0.1) is 6.58 Å². The van der Waals surface area contributed by atoms with E-state index in [1.54, 1.807) is 6.08 Å². The molecule has 0 fully saturated rings. The summed E-state index contributed by atoms with van der Waals surface area (Å²) in [5.41, 5.74) is 0.990. The van der Waals surface area contributed by atoms with Crippen LogP contribution in [-0.4, -0.2) is 15.6 Å². The lowest BCUT2D eigenvalue weighted by Crippen LogP contribution is -2.04. The number of nitro benzene ring substituents is 2. The molecule has 0 heterocycles. The Labute approximate surface area is 156 Å². The van der Waals surface area contributed by atoms with Crippen molar-refractivity contribution in [2.24, 2.45) is 5.16 Å². The molecule has 0 atom stereocenters. The van der Waals surface area contributed by atoms with Gasteiger partial charge < -0.3 is 4.84 Å². The van der Waals surface area contributed by atoms with E-state index in [1.165, 1.54) is 6.07 Å². The van der Waals surface area contributed by atoms with E-state index in [9.17, 15) is 20.2 Å². The first kappa shape index (κ1) is 19.8. The highest BCUT2D eigenvalue weighted by molar-refractivity contribution is 5.84. The molecule has 0 bridgehead atoms. The summed E-state index contributed by atoms with van der Waals surface area (Å²) in [6, 6.07) is 13.0. The van der Waals surface area contributed by atoms with Crippen molar-refractivity contribution in [2.45, 2.75) is 25.7 Å². The molecule has 0 unspecified atom stereocenters. The van der Waals surface area contributed by atoms with Crippen molar-refractivity contribution >= 4 is 17.1 Å². The van der Waals surface area contributed by atoms with Crippen LogP contribution >= 0.6 is 0 Å². The summed E-state index contributed by atoms with van der Waals surface area (Å²) >= 11 is 0. The van der Waals surface area contributed by atoms with Gasteiger partial charge in [0.1, 0.15) is 0 Å². The molecule has 0 N–H and O–H groups in total. The second kappa shape index (κ2) is 9.81. The van der Waals surface area contributed by atoms with E-state index in [-0.39, 0.29) is 11.4 Å². The zero-order valence-electron chi connectivity index (χ0n) is 14.6. The molecule has 0 saturated heterocycles. The average molecular weight is 369 g/mol. The molecule has 0 aromatic heterocycles. The van der Waals surface area contributed by atoms with Crippen LogP contribution in [-0.2, 0) is 6.42 Å². The predicted molar refractivity (Wildman–Crippen MR) is 102 cm³/mol. The largest absolute Gasteiger partial charge is 0.350 e. The Hall–Kier alpha value is -3.55. The molecule has 2 rings (SSSR count). The molecule has 8 heteroatoms. The predicted octanol–water partition coefficient (Wildman–Crippen LogP) is 4.84. The van der Waals surface area contributed by atoms with Gasteiger partial charge in [0, 0.05) is 6.07 Å². The SMILES string of the molecule is C=CCC/C(CCc1ccccc1)=N/Oc1ccc([N+](=O)[O-])cc1[N+](=O)[O-]. The summed E-state index contributed by atoms with van der Waals surface area (Å²) in [5, 5.41) is 26.0. The van der Waals surface area contributed by atoms with Crippen molar-refractivity contribution in [1.29, 1.82) is 0 Å². The standard InChI is InChI=1S/C19H19N3O5/c1-2-3-9-16(11-10-15-7-5-4-6-8-15)20-27-19-13-12-17(21(23)24)14-18(19)22(25)26/h2,4-8,12-14H,1,3,9-11H2/b20-16-. The summed E-state index contributed by atoms with van der Waals surface area (Å²) in [6.07, 6.45) is 4.43. The molecule has 8 nitrogen and oxygen atoms in total. The van der Waals surface area contributed by atoms with Crippen LogP contribution in [0.5, 0.6) is 5.75 Å². The first-order valence-electron chi connectivity index (χ1n) is 8.31. The highest BCUT2D eigenvalue weighted by Gasteiger charge is 2.21. The van der Waals surface area contributed by atoms with E-state index in [4.69, 9.17) is 4.84 Å². The lowest BCUT2D eigenvalue weighted by molar-refractivity contribution is -0.394. The number of benzene rings is 2. The van der Waals surface area contributed by atoms with Gasteiger partial charge in [0.2, 0.25) is 5.75 Å². The number of aryl methyl sites for hydroxylation is 1. The lowest BCUT2D eigenvalue weighted by atomic mass is 10.0. The number of nitro groups is 2. The van der Waals surface area contributed by atoms with Gasteiger partial charge >= 0.3 is 5.69 Å². The summed E-state index contributed by atoms with van der Waals surface area (Å²) in [6.45, 7) is 3.68. The van der Waals surface area contributed by atoms with Crippen LogP contribution in [0.15, 0.2) is 66.3 Å². The van der Waals surface area contributed by atoms with E-state index in [0.29, 0.717) is 19.3 Å². The molecule has 0 amide bonds. The van der Waals surface area contributed by atoms with Gasteiger partial charge in [-0.2, -0.15) is 0 Å². The molecule has 0 aliphatic rings. The molecule has 0 spiro atoms. The number of rotatable bonds is 10. The highest BCUT2D eigenvalue weighted by atomic mass is 16.7. The first-order valence-corrected chi connectivity index (χ1v) is 8.31. The molecule has 0 aliphatic carbocycles. The molecular weight excluding hydrogens is 350 g/mol. The number of allylic oxidation sites excluding steroid dienone is 1. The quantitative estimate of drug-likeness (QED) is 0.258. The number of non-ortho nitro benzene ring substituents is 1. The number of hydrogen-bond donors (Lipinski definition) is 0. The molecule has 0 radical (unpaired) electrons. The highest BCUT2D eigenvalue weighted by Crippen LogP contribution is 2.31. The van der Waals surface area contributed by atoms with Gasteiger partial charge in [-0.1, -0.05) is 41.6 Å². The van der Waals surface area contributed by atoms with E-state index >= 15 is 0 Å². The van der Waals surface area contributed by atoms with E-state index < -0.39 is 15.5 Å². The third kappa shape index (κ3) is 6.03. The summed E-state index contributed by atoms with van der Waals surface area (Å²) in [5.74, 6) is -0.138. The number of nitrogens with zero attached hydrogens (tertiary/aromatic N) is 3. The number of hydrogen-bond acceptors (Lipinski definition) is 6. The smallest absolute Gasteiger partial charge is 0.321 e. The zero-order chi connectivity index (χ0) is 19.6. The second-order valence-corrected chi connectivity index (χ2v) is 5.73. The van der Waals surface area contributed by atoms with Crippen molar-refractivity contribution in [3.8, 4) is 5.75 Å². The average Bonchev–Trinajstić information content (AvgIpc) is 2.67. The Morgan fingerprint density at radius 2 is 1.81 bits per heavy atom. The molecule has 27 heavy (non-hydrogen) atoms. The monoisotopic (exact) mass is 369 g/mol. The van der Waals surface area contributed by atoms with Crippen LogP contribution in [0.1, 0.15) is 24.8 Å². The first-order chi connectivity index (χ1) is 13.0. The maximum absolute atomic E-state index is 11.2. The Balaban J connectivity index is 2.17. The van der Waals surface area contributed by atoms with Crippen LogP contribution in [0, 0.1) is 20.2 Å². The van der Waals surface area contributed by atoms with Crippen molar-refractivity contribution in [3.63, 3.8) is 0 Å². The van der Waals surface area contributed by atoms with E-state index in [0.717, 1.165) is 29.8 Å². The maximum atomic E-state index is 11.2. The fourth-order valence-electron chi connectivity index (χ4n) is 2.37. The summed E-state index contributed by atoms with van der Waals surface area (Å²) in [4.78, 5) is 25.8. The Bertz CT molecular complexity index is 850. The molecule has 0 saturated carbocycles. The van der Waals surface area contributed by atoms with Crippen LogP contribution in [0.3, 0.4) is 0 Å². The fourth-order valence-corrected chi connectivity index (χ4v) is 2.37. The van der Waals surface area contributed by atoms with Crippen LogP contribution in [0.25, 0.3) is 0 Å². The van der Waals surface area contributed by atoms with Gasteiger partial charge in [0.15, 0.2) is 0 Å². The fraction of sp³-hybridized carbons (Fsp3) is 0.211. The summed E-state index contributed by atoms with van der Waals surface area (Å²) in [7, 11) is 0. The van der Waals surface area contributed by atoms with Crippen LogP contribution < -0.4 is 4.84 Å². The lowest BCUT2D eigenvalue weighted by Gasteiger charge is -2.06. The molecule has 2 aromatic carbocycles. The van der Waals surface area contributed by atoms with E-state index in [1.807, 2.05) is 30.3 Å². The molecule has 140 valence electrons. The normalized spacial score (nSPS) is 11.0. The van der Waals surface area contributed by atoms with Gasteiger partial charge in [-0.3, -0.25) is 20.2 Å². The van der Waals surface area contributed by atoms with Gasteiger partial charge in [0.05, 0.1) is 21.6 Å². The third-order valence-corrected chi connectivity index (χ3v) is 3.81.